The van der Waals surface area contributed by atoms with Crippen molar-refractivity contribution in [3.05, 3.63) is 17.5 Å². The number of hydrogen-bond donors (Lipinski definition) is 2. The lowest BCUT2D eigenvalue weighted by molar-refractivity contribution is 0.210. The van der Waals surface area contributed by atoms with Gasteiger partial charge in [0, 0.05) is 19.1 Å². The lowest BCUT2D eigenvalue weighted by Gasteiger charge is -2.27. The molecule has 1 aromatic heterocycles. The van der Waals surface area contributed by atoms with Crippen LogP contribution in [0.15, 0.2) is 6.07 Å². The van der Waals surface area contributed by atoms with Crippen molar-refractivity contribution in [2.45, 2.75) is 65.7 Å². The van der Waals surface area contributed by atoms with Crippen LogP contribution in [0, 0.1) is 0 Å². The Kier molecular flexibility index (Phi) is 6.24. The molecule has 0 spiro atoms. The Morgan fingerprint density at radius 3 is 2.95 bits per heavy atom. The third-order valence-corrected chi connectivity index (χ3v) is 4.18. The number of rotatable bonds is 7. The van der Waals surface area contributed by atoms with Crippen molar-refractivity contribution in [2.24, 2.45) is 0 Å². The fourth-order valence-electron chi connectivity index (χ4n) is 2.59. The van der Waals surface area contributed by atoms with Gasteiger partial charge in [-0.2, -0.15) is 5.10 Å². The zero-order valence-corrected chi connectivity index (χ0v) is 14.1. The van der Waals surface area contributed by atoms with Crippen LogP contribution < -0.4 is 10.6 Å². The highest BCUT2D eigenvalue weighted by Crippen LogP contribution is 2.14. The minimum Gasteiger partial charge on any atom is -0.336 e. The van der Waals surface area contributed by atoms with E-state index in [1.165, 1.54) is 18.5 Å². The van der Waals surface area contributed by atoms with Crippen molar-refractivity contribution in [2.75, 3.05) is 13.1 Å². The fraction of sp³-hybridized carbons (Fsp3) is 0.750. The molecule has 2 rings (SSSR count). The molecule has 0 aliphatic carbocycles. The van der Waals surface area contributed by atoms with Crippen LogP contribution in [0.5, 0.6) is 0 Å². The van der Waals surface area contributed by atoms with Gasteiger partial charge in [0.05, 0.1) is 24.5 Å². The average molecular weight is 307 g/mol. The first kappa shape index (κ1) is 16.8. The van der Waals surface area contributed by atoms with E-state index in [1.54, 1.807) is 0 Å². The molecule has 1 aliphatic rings. The van der Waals surface area contributed by atoms with Crippen LogP contribution in [0.4, 0.5) is 4.79 Å². The van der Waals surface area contributed by atoms with Crippen LogP contribution in [0.2, 0.25) is 0 Å². The van der Waals surface area contributed by atoms with Gasteiger partial charge in [0.1, 0.15) is 0 Å². The van der Waals surface area contributed by atoms with Gasteiger partial charge >= 0.3 is 6.03 Å². The predicted molar refractivity (Wildman–Crippen MR) is 87.5 cm³/mol. The van der Waals surface area contributed by atoms with Crippen molar-refractivity contribution in [1.82, 2.24) is 25.3 Å². The molecule has 0 unspecified atom stereocenters. The van der Waals surface area contributed by atoms with Crippen molar-refractivity contribution in [3.8, 4) is 0 Å². The number of urea groups is 1. The lowest BCUT2D eigenvalue weighted by Crippen LogP contribution is -2.40. The highest BCUT2D eigenvalue weighted by atomic mass is 16.2. The van der Waals surface area contributed by atoms with E-state index in [0.29, 0.717) is 6.54 Å². The molecule has 0 fully saturated rings. The molecule has 1 atom stereocenters. The highest BCUT2D eigenvalue weighted by molar-refractivity contribution is 5.74. The highest BCUT2D eigenvalue weighted by Gasteiger charge is 2.18. The molecule has 0 bridgehead atoms. The van der Waals surface area contributed by atoms with Gasteiger partial charge < -0.3 is 10.6 Å². The standard InChI is InChI=1S/C16H29N5O/c1-4-6-7-20-8-9-21-15(12-20)10-14(19-21)11-17-16(22)18-13(3)5-2/h10,13H,4-9,11-12H2,1-3H3,(H2,17,18,22)/t13-/m0/s1. The van der Waals surface area contributed by atoms with E-state index in [-0.39, 0.29) is 12.1 Å². The number of carbonyl (C=O) groups is 1. The molecule has 0 aromatic carbocycles. The summed E-state index contributed by atoms with van der Waals surface area (Å²) < 4.78 is 2.08. The van der Waals surface area contributed by atoms with Crippen LogP contribution in [0.25, 0.3) is 0 Å². The summed E-state index contributed by atoms with van der Waals surface area (Å²) in [6.07, 6.45) is 3.41. The Labute approximate surface area is 133 Å². The second-order valence-electron chi connectivity index (χ2n) is 6.12. The van der Waals surface area contributed by atoms with Gasteiger partial charge in [-0.3, -0.25) is 9.58 Å². The topological polar surface area (TPSA) is 62.2 Å². The number of aromatic nitrogens is 2. The average Bonchev–Trinajstić information content (AvgIpc) is 2.92. The van der Waals surface area contributed by atoms with E-state index in [2.05, 4.69) is 45.2 Å². The first-order chi connectivity index (χ1) is 10.6. The molecule has 22 heavy (non-hydrogen) atoms. The van der Waals surface area contributed by atoms with Crippen LogP contribution in [0.1, 0.15) is 51.4 Å². The number of hydrogen-bond acceptors (Lipinski definition) is 3. The maximum Gasteiger partial charge on any atom is 0.315 e. The van der Waals surface area contributed by atoms with Gasteiger partial charge in [-0.15, -0.1) is 0 Å². The number of nitrogens with zero attached hydrogens (tertiary/aromatic N) is 3. The van der Waals surface area contributed by atoms with E-state index in [1.807, 2.05) is 6.92 Å². The maximum absolute atomic E-state index is 11.7. The van der Waals surface area contributed by atoms with Crippen LogP contribution in [-0.4, -0.2) is 39.8 Å². The first-order valence-corrected chi connectivity index (χ1v) is 8.44. The first-order valence-electron chi connectivity index (χ1n) is 8.44. The number of unbranched alkanes of at least 4 members (excludes halogenated alkanes) is 1. The predicted octanol–water partition coefficient (Wildman–Crippen LogP) is 2.10. The zero-order chi connectivity index (χ0) is 15.9. The second-order valence-corrected chi connectivity index (χ2v) is 6.12. The smallest absolute Gasteiger partial charge is 0.315 e. The molecular weight excluding hydrogens is 278 g/mol. The van der Waals surface area contributed by atoms with Gasteiger partial charge in [0.25, 0.3) is 0 Å². The summed E-state index contributed by atoms with van der Waals surface area (Å²) in [4.78, 5) is 14.2. The number of amides is 2. The molecular formula is C16H29N5O. The molecule has 0 radical (unpaired) electrons. The monoisotopic (exact) mass is 307 g/mol. The summed E-state index contributed by atoms with van der Waals surface area (Å²) in [6.45, 7) is 10.9. The van der Waals surface area contributed by atoms with Crippen LogP contribution in [0.3, 0.4) is 0 Å². The van der Waals surface area contributed by atoms with Gasteiger partial charge in [-0.05, 0) is 32.4 Å². The molecule has 0 saturated heterocycles. The quantitative estimate of drug-likeness (QED) is 0.811. The van der Waals surface area contributed by atoms with Crippen molar-refractivity contribution >= 4 is 6.03 Å². The second kappa shape index (κ2) is 8.17. The summed E-state index contributed by atoms with van der Waals surface area (Å²) in [7, 11) is 0. The third kappa shape index (κ3) is 4.73. The van der Waals surface area contributed by atoms with Crippen molar-refractivity contribution < 1.29 is 4.79 Å². The molecule has 0 saturated carbocycles. The molecule has 6 heteroatoms. The normalized spacial score (nSPS) is 16.1. The minimum absolute atomic E-state index is 0.120. The Balaban J connectivity index is 1.82. The summed E-state index contributed by atoms with van der Waals surface area (Å²) in [6, 6.07) is 2.19. The van der Waals surface area contributed by atoms with E-state index >= 15 is 0 Å². The largest absolute Gasteiger partial charge is 0.336 e. The molecule has 1 aliphatic heterocycles. The van der Waals surface area contributed by atoms with Gasteiger partial charge in [0.15, 0.2) is 0 Å². The molecule has 2 amide bonds. The van der Waals surface area contributed by atoms with Crippen LogP contribution >= 0.6 is 0 Å². The van der Waals surface area contributed by atoms with E-state index in [4.69, 9.17) is 0 Å². The maximum atomic E-state index is 11.7. The van der Waals surface area contributed by atoms with E-state index < -0.39 is 0 Å². The summed E-state index contributed by atoms with van der Waals surface area (Å²) >= 11 is 0. The Bertz CT molecular complexity index is 485. The van der Waals surface area contributed by atoms with Crippen molar-refractivity contribution in [3.63, 3.8) is 0 Å². The summed E-state index contributed by atoms with van der Waals surface area (Å²) in [5, 5.41) is 10.4. The Hall–Kier alpha value is -1.56. The Morgan fingerprint density at radius 1 is 1.41 bits per heavy atom. The van der Waals surface area contributed by atoms with Crippen molar-refractivity contribution in [1.29, 1.82) is 0 Å². The third-order valence-electron chi connectivity index (χ3n) is 4.18. The van der Waals surface area contributed by atoms with Crippen LogP contribution in [-0.2, 0) is 19.6 Å². The molecule has 2 heterocycles. The van der Waals surface area contributed by atoms with E-state index in [0.717, 1.165) is 38.3 Å². The van der Waals surface area contributed by atoms with Gasteiger partial charge in [-0.1, -0.05) is 20.3 Å². The molecule has 2 N–H and O–H groups in total. The molecule has 6 nitrogen and oxygen atoms in total. The lowest BCUT2D eigenvalue weighted by atomic mass is 10.2. The minimum atomic E-state index is -0.120. The number of nitrogens with one attached hydrogen (secondary N) is 2. The molecule has 124 valence electrons. The number of fused-ring (bicyclic) bond motifs is 1. The van der Waals surface area contributed by atoms with E-state index in [9.17, 15) is 4.79 Å². The van der Waals surface area contributed by atoms with Gasteiger partial charge in [-0.25, -0.2) is 4.79 Å². The zero-order valence-electron chi connectivity index (χ0n) is 14.1. The SMILES string of the molecule is CCCCN1CCn2nc(CNC(=O)N[C@@H](C)CC)cc2C1. The fourth-order valence-corrected chi connectivity index (χ4v) is 2.59. The van der Waals surface area contributed by atoms with Gasteiger partial charge in [0.2, 0.25) is 0 Å². The Morgan fingerprint density at radius 2 is 2.23 bits per heavy atom. The summed E-state index contributed by atoms with van der Waals surface area (Å²) in [5.74, 6) is 0. The molecule has 1 aromatic rings. The number of carbonyl (C=O) groups excluding carboxylic acids is 1. The summed E-state index contributed by atoms with van der Waals surface area (Å²) in [5.41, 5.74) is 2.19.